The van der Waals surface area contributed by atoms with E-state index in [4.69, 9.17) is 4.74 Å². The van der Waals surface area contributed by atoms with Crippen molar-refractivity contribution in [1.29, 1.82) is 0 Å². The Morgan fingerprint density at radius 1 is 1.14 bits per heavy atom. The molecule has 2 aromatic carbocycles. The lowest BCUT2D eigenvalue weighted by Crippen LogP contribution is -2.05. The minimum absolute atomic E-state index is 0.0863. The topological polar surface area (TPSA) is 46.5 Å². The molecule has 0 aliphatic carbocycles. The van der Waals surface area contributed by atoms with Crippen LogP contribution in [0.25, 0.3) is 11.1 Å². The van der Waals surface area contributed by atoms with Crippen LogP contribution in [0.3, 0.4) is 0 Å². The third-order valence-electron chi connectivity index (χ3n) is 3.03. The van der Waals surface area contributed by atoms with Gasteiger partial charge in [-0.25, -0.2) is 4.79 Å². The predicted molar refractivity (Wildman–Crippen MR) is 75.0 cm³/mol. The Balaban J connectivity index is 2.49. The number of aromatic carboxylic acids is 1. The molecule has 0 aliphatic heterocycles. The maximum absolute atomic E-state index is 12.7. The molecule has 0 radical (unpaired) electrons. The molecule has 0 fully saturated rings. The van der Waals surface area contributed by atoms with Crippen molar-refractivity contribution in [3.63, 3.8) is 0 Å². The van der Waals surface area contributed by atoms with Gasteiger partial charge in [-0.2, -0.15) is 13.2 Å². The molecule has 0 amide bonds. The summed E-state index contributed by atoms with van der Waals surface area (Å²) in [6.45, 7) is 2.01. The fraction of sp³-hybridized carbons (Fsp3) is 0.188. The second-order valence-corrected chi connectivity index (χ2v) is 4.53. The monoisotopic (exact) mass is 310 g/mol. The highest BCUT2D eigenvalue weighted by Crippen LogP contribution is 2.33. The first-order valence-corrected chi connectivity index (χ1v) is 6.50. The minimum Gasteiger partial charge on any atom is -0.493 e. The summed E-state index contributed by atoms with van der Waals surface area (Å²) in [5, 5.41) is 9.19. The van der Waals surface area contributed by atoms with E-state index in [9.17, 15) is 23.1 Å². The summed E-state index contributed by atoms with van der Waals surface area (Å²) < 4.78 is 43.4. The normalized spacial score (nSPS) is 11.3. The molecule has 2 rings (SSSR count). The lowest BCUT2D eigenvalue weighted by Gasteiger charge is -2.11. The molecular weight excluding hydrogens is 297 g/mol. The molecule has 1 N–H and O–H groups in total. The fourth-order valence-electron chi connectivity index (χ4n) is 2.03. The summed E-state index contributed by atoms with van der Waals surface area (Å²) in [4.78, 5) is 11.2. The van der Waals surface area contributed by atoms with Crippen LogP contribution in [-0.4, -0.2) is 17.7 Å². The number of carboxylic acid groups (broad SMARTS) is 1. The van der Waals surface area contributed by atoms with Gasteiger partial charge in [0.25, 0.3) is 0 Å². The number of hydrogen-bond acceptors (Lipinski definition) is 2. The van der Waals surface area contributed by atoms with Crippen molar-refractivity contribution in [3.8, 4) is 16.9 Å². The van der Waals surface area contributed by atoms with E-state index in [1.165, 1.54) is 30.3 Å². The molecule has 2 aromatic rings. The average Bonchev–Trinajstić information content (AvgIpc) is 2.47. The molecule has 0 saturated carbocycles. The highest BCUT2D eigenvalue weighted by atomic mass is 19.4. The molecule has 0 heterocycles. The van der Waals surface area contributed by atoms with Crippen molar-refractivity contribution in [2.24, 2.45) is 0 Å². The van der Waals surface area contributed by atoms with Crippen molar-refractivity contribution in [2.75, 3.05) is 6.61 Å². The highest BCUT2D eigenvalue weighted by Gasteiger charge is 2.30. The molecule has 0 atom stereocenters. The molecule has 0 spiro atoms. The van der Waals surface area contributed by atoms with Crippen molar-refractivity contribution < 1.29 is 27.8 Å². The smallest absolute Gasteiger partial charge is 0.416 e. The first-order chi connectivity index (χ1) is 10.3. The number of carboxylic acids is 1. The Bertz CT molecular complexity index is 693. The number of alkyl halides is 3. The summed E-state index contributed by atoms with van der Waals surface area (Å²) in [5.41, 5.74) is -0.195. The first kappa shape index (κ1) is 15.9. The van der Waals surface area contributed by atoms with Crippen LogP contribution in [0, 0.1) is 0 Å². The van der Waals surface area contributed by atoms with Gasteiger partial charge in [0.05, 0.1) is 12.2 Å². The first-order valence-electron chi connectivity index (χ1n) is 6.50. The molecule has 0 aromatic heterocycles. The second kappa shape index (κ2) is 6.09. The summed E-state index contributed by atoms with van der Waals surface area (Å²) in [6.07, 6.45) is -4.45. The number of hydrogen-bond donors (Lipinski definition) is 1. The zero-order chi connectivity index (χ0) is 16.3. The van der Waals surface area contributed by atoms with E-state index in [1.807, 2.05) is 0 Å². The number of ether oxygens (including phenoxy) is 1. The van der Waals surface area contributed by atoms with Gasteiger partial charge in [-0.15, -0.1) is 0 Å². The lowest BCUT2D eigenvalue weighted by atomic mass is 10.0. The van der Waals surface area contributed by atoms with Gasteiger partial charge in [-0.1, -0.05) is 18.2 Å². The number of carbonyl (C=O) groups is 1. The highest BCUT2D eigenvalue weighted by molar-refractivity contribution is 5.92. The maximum Gasteiger partial charge on any atom is 0.416 e. The van der Waals surface area contributed by atoms with Crippen LogP contribution in [0.2, 0.25) is 0 Å². The average molecular weight is 310 g/mol. The maximum atomic E-state index is 12.7. The van der Waals surface area contributed by atoms with Gasteiger partial charge in [-0.05, 0) is 42.3 Å². The van der Waals surface area contributed by atoms with Crippen molar-refractivity contribution >= 4 is 5.97 Å². The third kappa shape index (κ3) is 3.39. The van der Waals surface area contributed by atoms with Crippen molar-refractivity contribution in [3.05, 3.63) is 53.6 Å². The lowest BCUT2D eigenvalue weighted by molar-refractivity contribution is -0.137. The number of rotatable bonds is 4. The van der Waals surface area contributed by atoms with Crippen LogP contribution < -0.4 is 4.74 Å². The Morgan fingerprint density at radius 2 is 1.82 bits per heavy atom. The number of halogens is 3. The van der Waals surface area contributed by atoms with Crippen LogP contribution in [-0.2, 0) is 6.18 Å². The van der Waals surface area contributed by atoms with Crippen molar-refractivity contribution in [2.45, 2.75) is 13.1 Å². The Hall–Kier alpha value is -2.50. The van der Waals surface area contributed by atoms with E-state index in [1.54, 1.807) is 6.92 Å². The van der Waals surface area contributed by atoms with E-state index in [0.29, 0.717) is 17.7 Å². The van der Waals surface area contributed by atoms with E-state index in [0.717, 1.165) is 12.1 Å². The van der Waals surface area contributed by atoms with Crippen LogP contribution in [0.1, 0.15) is 22.8 Å². The Morgan fingerprint density at radius 3 is 2.41 bits per heavy atom. The third-order valence-corrected chi connectivity index (χ3v) is 3.03. The minimum atomic E-state index is -4.45. The van der Waals surface area contributed by atoms with Crippen molar-refractivity contribution in [1.82, 2.24) is 0 Å². The largest absolute Gasteiger partial charge is 0.493 e. The van der Waals surface area contributed by atoms with Gasteiger partial charge in [0.1, 0.15) is 11.3 Å². The molecule has 0 saturated heterocycles. The van der Waals surface area contributed by atoms with Crippen LogP contribution in [0.15, 0.2) is 42.5 Å². The molecule has 22 heavy (non-hydrogen) atoms. The zero-order valence-corrected chi connectivity index (χ0v) is 11.6. The summed E-state index contributed by atoms with van der Waals surface area (Å²) >= 11 is 0. The van der Waals surface area contributed by atoms with Gasteiger partial charge >= 0.3 is 12.1 Å². The molecule has 0 bridgehead atoms. The van der Waals surface area contributed by atoms with E-state index >= 15 is 0 Å². The van der Waals surface area contributed by atoms with Crippen LogP contribution >= 0.6 is 0 Å². The Kier molecular flexibility index (Phi) is 4.40. The molecular formula is C16H13F3O3. The van der Waals surface area contributed by atoms with E-state index in [2.05, 4.69) is 0 Å². The van der Waals surface area contributed by atoms with Crippen LogP contribution in [0.5, 0.6) is 5.75 Å². The summed E-state index contributed by atoms with van der Waals surface area (Å²) in [7, 11) is 0. The Labute approximate surface area is 125 Å². The molecule has 0 unspecified atom stereocenters. The quantitative estimate of drug-likeness (QED) is 0.906. The van der Waals surface area contributed by atoms with E-state index < -0.39 is 17.7 Å². The number of benzene rings is 2. The standard InChI is InChI=1S/C16H13F3O3/c1-2-22-14-7-6-11(9-13(14)15(20)21)10-4-3-5-12(8-10)16(17,18)19/h3-9H,2H2,1H3,(H,20,21). The molecule has 3 nitrogen and oxygen atoms in total. The van der Waals surface area contributed by atoms with Gasteiger partial charge in [0, 0.05) is 0 Å². The van der Waals surface area contributed by atoms with Gasteiger partial charge in [0.2, 0.25) is 0 Å². The second-order valence-electron chi connectivity index (χ2n) is 4.53. The summed E-state index contributed by atoms with van der Waals surface area (Å²) in [6, 6.07) is 9.03. The summed E-state index contributed by atoms with van der Waals surface area (Å²) in [5.74, 6) is -1.01. The van der Waals surface area contributed by atoms with Gasteiger partial charge < -0.3 is 9.84 Å². The van der Waals surface area contributed by atoms with Gasteiger partial charge in [-0.3, -0.25) is 0 Å². The molecule has 0 aliphatic rings. The zero-order valence-electron chi connectivity index (χ0n) is 11.6. The molecule has 116 valence electrons. The SMILES string of the molecule is CCOc1ccc(-c2cccc(C(F)(F)F)c2)cc1C(=O)O. The predicted octanol–water partition coefficient (Wildman–Crippen LogP) is 4.47. The van der Waals surface area contributed by atoms with E-state index in [-0.39, 0.29) is 11.3 Å². The van der Waals surface area contributed by atoms with Gasteiger partial charge in [0.15, 0.2) is 0 Å². The van der Waals surface area contributed by atoms with Crippen LogP contribution in [0.4, 0.5) is 13.2 Å². The fourth-order valence-corrected chi connectivity index (χ4v) is 2.03. The molecule has 6 heteroatoms.